The van der Waals surface area contributed by atoms with Crippen LogP contribution >= 0.6 is 17.2 Å². The molecule has 0 N–H and O–H groups in total. The molecule has 2 fully saturated rings. The zero-order valence-corrected chi connectivity index (χ0v) is 35.9. The van der Waals surface area contributed by atoms with E-state index in [1.807, 2.05) is 0 Å². The van der Waals surface area contributed by atoms with Crippen LogP contribution < -0.4 is 20.1 Å². The van der Waals surface area contributed by atoms with Crippen LogP contribution in [0.4, 0.5) is 51.8 Å². The Labute approximate surface area is 341 Å². The fraction of sp³-hybridized carbons (Fsp3) is 0.556. The van der Waals surface area contributed by atoms with Crippen LogP contribution in [0.5, 0.6) is 11.5 Å². The van der Waals surface area contributed by atoms with Gasteiger partial charge in [-0.1, -0.05) is 130 Å². The molecule has 0 aromatic heterocycles. The molecule has 2 aromatic carbocycles. The molecule has 0 amide bonds. The Kier molecular flexibility index (Phi) is 29.8. The van der Waals surface area contributed by atoms with E-state index < -0.39 is 21.8 Å². The van der Waals surface area contributed by atoms with E-state index >= 15 is 0 Å². The molecule has 3 aliphatic rings. The van der Waals surface area contributed by atoms with E-state index in [1.54, 1.807) is 14.2 Å². The van der Waals surface area contributed by atoms with Gasteiger partial charge in [0.15, 0.2) is 0 Å². The second-order valence-corrected chi connectivity index (χ2v) is 17.5. The third-order valence-electron chi connectivity index (χ3n) is 8.33. The number of ether oxygens (including phenoxy) is 2. The van der Waals surface area contributed by atoms with E-state index in [2.05, 4.69) is 86.7 Å². The molecule has 0 saturated heterocycles. The summed E-state index contributed by atoms with van der Waals surface area (Å²) in [7, 11) is -12.7. The van der Waals surface area contributed by atoms with E-state index in [9.17, 15) is 51.8 Å². The van der Waals surface area contributed by atoms with Gasteiger partial charge in [-0.3, -0.25) is 0 Å². The molecule has 56 heavy (non-hydrogen) atoms. The Hall–Kier alpha value is -1.64. The van der Waals surface area contributed by atoms with Crippen molar-refractivity contribution in [3.8, 4) is 11.5 Å². The van der Waals surface area contributed by atoms with Crippen molar-refractivity contribution >= 4 is 49.5 Å². The quantitative estimate of drug-likeness (QED) is 0.124. The maximum absolute atomic E-state index is 9.75. The van der Waals surface area contributed by atoms with Crippen LogP contribution in [0, 0.1) is 0 Å². The van der Waals surface area contributed by atoms with Crippen LogP contribution in [0.25, 0.3) is 0 Å². The third-order valence-corrected chi connectivity index (χ3v) is 11.9. The van der Waals surface area contributed by atoms with Crippen molar-refractivity contribution in [2.24, 2.45) is 0 Å². The fourth-order valence-electron chi connectivity index (χ4n) is 5.92. The summed E-state index contributed by atoms with van der Waals surface area (Å²) in [6, 6.07) is 16.9. The Morgan fingerprint density at radius 3 is 0.911 bits per heavy atom. The van der Waals surface area contributed by atoms with Gasteiger partial charge >= 0.3 is 41.2 Å². The van der Waals surface area contributed by atoms with Gasteiger partial charge < -0.3 is 61.3 Å². The van der Waals surface area contributed by atoms with E-state index in [4.69, 9.17) is 9.47 Å². The second-order valence-electron chi connectivity index (χ2n) is 13.5. The minimum atomic E-state index is -6.00. The molecule has 0 spiro atoms. The largest absolute Gasteiger partial charge is 3.00 e. The zero-order valence-electron chi connectivity index (χ0n) is 32.2. The van der Waals surface area contributed by atoms with Gasteiger partial charge in [-0.2, -0.15) is 0 Å². The number of hydrogen-bond donors (Lipinski definition) is 0. The van der Waals surface area contributed by atoms with Crippen LogP contribution in [-0.4, -0.2) is 46.3 Å². The molecule has 0 bridgehead atoms. The van der Waals surface area contributed by atoms with E-state index in [1.165, 1.54) is 101 Å². The molecule has 0 heterocycles. The van der Waals surface area contributed by atoms with Crippen LogP contribution in [0.15, 0.2) is 72.8 Å². The first-order valence-corrected chi connectivity index (χ1v) is 20.2. The molecular weight excluding hydrogens is 890 g/mol. The molecular formula is C36H54B3F12O2P2Rh. The number of benzene rings is 2. The molecule has 0 aliphatic heterocycles. The normalized spacial score (nSPS) is 18.1. The van der Waals surface area contributed by atoms with Crippen molar-refractivity contribution in [2.45, 2.75) is 114 Å². The van der Waals surface area contributed by atoms with Crippen LogP contribution in [0.2, 0.25) is 0 Å². The molecule has 2 nitrogen and oxygen atoms in total. The first-order chi connectivity index (χ1) is 25.5. The Morgan fingerprint density at radius 1 is 0.446 bits per heavy atom. The monoisotopic (exact) mass is 944 g/mol. The first kappa shape index (κ1) is 56.5. The number of allylic oxidation sites excluding steroid dienone is 4. The summed E-state index contributed by atoms with van der Waals surface area (Å²) in [5, 5.41) is 3.84. The summed E-state index contributed by atoms with van der Waals surface area (Å²) in [6.07, 6.45) is 28.0. The Bertz CT molecular complexity index is 1210. The predicted molar refractivity (Wildman–Crippen MR) is 212 cm³/mol. The van der Waals surface area contributed by atoms with Crippen molar-refractivity contribution in [3.05, 3.63) is 72.8 Å². The number of rotatable bonds is 6. The van der Waals surface area contributed by atoms with Crippen LogP contribution in [0.3, 0.4) is 0 Å². The number of hydrogen-bond acceptors (Lipinski definition) is 2. The number of halogens is 12. The minimum absolute atomic E-state index is 0. The van der Waals surface area contributed by atoms with Gasteiger partial charge in [0.05, 0.1) is 14.2 Å². The average molecular weight is 944 g/mol. The summed E-state index contributed by atoms with van der Waals surface area (Å²) >= 11 is 0. The molecule has 2 saturated carbocycles. The molecule has 322 valence electrons. The van der Waals surface area contributed by atoms with Gasteiger partial charge in [0.1, 0.15) is 11.5 Å². The number of para-hydroxylation sites is 2. The number of methoxy groups -OCH3 is 2. The van der Waals surface area contributed by atoms with Crippen molar-refractivity contribution in [1.29, 1.82) is 0 Å². The van der Waals surface area contributed by atoms with E-state index in [0.717, 1.165) is 28.7 Å². The topological polar surface area (TPSA) is 18.5 Å². The Morgan fingerprint density at radius 2 is 0.679 bits per heavy atom. The van der Waals surface area contributed by atoms with Crippen LogP contribution in [-0.2, 0) is 19.5 Å². The molecule has 2 aromatic rings. The molecule has 5 rings (SSSR count). The minimum Gasteiger partial charge on any atom is -0.496 e. The van der Waals surface area contributed by atoms with Gasteiger partial charge in [0.25, 0.3) is 0 Å². The summed E-state index contributed by atoms with van der Waals surface area (Å²) in [5.41, 5.74) is 0. The van der Waals surface area contributed by atoms with Crippen molar-refractivity contribution in [2.75, 3.05) is 14.2 Å². The second kappa shape index (κ2) is 29.5. The maximum Gasteiger partial charge on any atom is 3.00 e. The smallest absolute Gasteiger partial charge is 0.496 e. The van der Waals surface area contributed by atoms with Crippen molar-refractivity contribution < 1.29 is 80.7 Å². The summed E-state index contributed by atoms with van der Waals surface area (Å²) < 4.78 is 128. The van der Waals surface area contributed by atoms with Gasteiger partial charge in [-0.15, -0.1) is 0 Å². The van der Waals surface area contributed by atoms with Gasteiger partial charge in [-0.05, 0) is 73.8 Å². The standard InChI is InChI=1S/2C14H21OP.C8H12.3BF4.Rh/c2*1-14(10-6-3-7-11-14)16-13-9-5-4-8-12(13)15-2;1-2-4-6-8-7-5-3-1;3*2-1(3,4)5;/h2*4-5,8-9,16H,3,6-7,10-11H2,1-2H3;1-2,7-8H,3-6H2;;;;/q;;;3*-1;+3/b;;2-1-,8-7?;;;;. The SMILES string of the molecule is C1=CCC/C=C\CC1.COc1ccccc1PC1(C)CCCCC1.COc1ccccc1PC1(C)CCCCC1.F[B-](F)(F)F.F[B-](F)(F)F.F[B-](F)(F)F.[Rh+3]. The zero-order chi connectivity index (χ0) is 42.0. The van der Waals surface area contributed by atoms with Gasteiger partial charge in [0, 0.05) is 10.6 Å². The van der Waals surface area contributed by atoms with Crippen molar-refractivity contribution in [1.82, 2.24) is 0 Å². The molecule has 2 atom stereocenters. The fourth-order valence-corrected chi connectivity index (χ4v) is 9.40. The third kappa shape index (κ3) is 35.5. The maximum atomic E-state index is 9.75. The Balaban J connectivity index is 0. The molecule has 3 aliphatic carbocycles. The summed E-state index contributed by atoms with van der Waals surface area (Å²) in [5.74, 6) is 2.13. The van der Waals surface area contributed by atoms with Crippen molar-refractivity contribution in [3.63, 3.8) is 0 Å². The molecule has 2 unspecified atom stereocenters. The van der Waals surface area contributed by atoms with Gasteiger partial charge in [-0.25, -0.2) is 0 Å². The van der Waals surface area contributed by atoms with E-state index in [-0.39, 0.29) is 19.5 Å². The summed E-state index contributed by atoms with van der Waals surface area (Å²) in [6.45, 7) is 4.88. The first-order valence-electron chi connectivity index (χ1n) is 18.2. The average Bonchev–Trinajstić information content (AvgIpc) is 3.04. The molecule has 0 radical (unpaired) electrons. The van der Waals surface area contributed by atoms with Gasteiger partial charge in [0.2, 0.25) is 0 Å². The summed E-state index contributed by atoms with van der Waals surface area (Å²) in [4.78, 5) is 0. The predicted octanol–water partition coefficient (Wildman–Crippen LogP) is 14.0. The molecule has 20 heteroatoms. The van der Waals surface area contributed by atoms with Crippen LogP contribution in [0.1, 0.15) is 104 Å². The van der Waals surface area contributed by atoms with E-state index in [0.29, 0.717) is 10.3 Å².